The highest BCUT2D eigenvalue weighted by Gasteiger charge is 2.33. The molecule has 0 fully saturated rings. The molecule has 1 aromatic heterocycles. The van der Waals surface area contributed by atoms with Gasteiger partial charge in [-0.1, -0.05) is 42.5 Å². The van der Waals surface area contributed by atoms with Gasteiger partial charge < -0.3 is 10.6 Å². The third-order valence-electron chi connectivity index (χ3n) is 3.71. The molecule has 0 atom stereocenters. The number of hydrogen-bond donors (Lipinski definition) is 2. The number of aromatic nitrogens is 2. The van der Waals surface area contributed by atoms with Crippen LogP contribution in [0.15, 0.2) is 60.7 Å². The third-order valence-corrected chi connectivity index (χ3v) is 3.71. The van der Waals surface area contributed by atoms with Crippen LogP contribution in [-0.2, 0) is 6.18 Å². The van der Waals surface area contributed by atoms with Gasteiger partial charge in [-0.2, -0.15) is 18.2 Å². The van der Waals surface area contributed by atoms with E-state index in [9.17, 15) is 13.2 Å². The van der Waals surface area contributed by atoms with Crippen LogP contribution in [0.3, 0.4) is 0 Å². The summed E-state index contributed by atoms with van der Waals surface area (Å²) >= 11 is 0. The summed E-state index contributed by atoms with van der Waals surface area (Å²) in [5.74, 6) is 0.627. The molecule has 0 unspecified atom stereocenters. The van der Waals surface area contributed by atoms with Crippen molar-refractivity contribution in [2.24, 2.45) is 0 Å². The lowest BCUT2D eigenvalue weighted by molar-refractivity contribution is -0.136. The number of para-hydroxylation sites is 1. The summed E-state index contributed by atoms with van der Waals surface area (Å²) < 4.78 is 39.8. The zero-order valence-electron chi connectivity index (χ0n) is 14.9. The van der Waals surface area contributed by atoms with Gasteiger partial charge in [0.1, 0.15) is 5.82 Å². The highest BCUT2D eigenvalue weighted by Crippen LogP contribution is 2.36. The number of benzene rings is 2. The Morgan fingerprint density at radius 2 is 1.56 bits per heavy atom. The maximum Gasteiger partial charge on any atom is 0.418 e. The normalized spacial score (nSPS) is 11.5. The highest BCUT2D eigenvalue weighted by molar-refractivity contribution is 5.68. The molecule has 0 saturated heterocycles. The van der Waals surface area contributed by atoms with Gasteiger partial charge in [0.05, 0.1) is 16.9 Å². The van der Waals surface area contributed by atoms with Crippen LogP contribution in [0.1, 0.15) is 19.4 Å². The molecule has 0 aliphatic heterocycles. The van der Waals surface area contributed by atoms with Gasteiger partial charge in [0.25, 0.3) is 0 Å². The Morgan fingerprint density at radius 1 is 0.889 bits per heavy atom. The lowest BCUT2D eigenvalue weighted by Crippen LogP contribution is -2.14. The average molecular weight is 372 g/mol. The number of hydrogen-bond acceptors (Lipinski definition) is 4. The van der Waals surface area contributed by atoms with Crippen LogP contribution in [0, 0.1) is 0 Å². The summed E-state index contributed by atoms with van der Waals surface area (Å²) in [6.45, 7) is 3.87. The Labute approximate surface area is 155 Å². The average Bonchev–Trinajstić information content (AvgIpc) is 2.61. The molecule has 3 rings (SSSR count). The van der Waals surface area contributed by atoms with Crippen molar-refractivity contribution in [3.63, 3.8) is 0 Å². The first-order chi connectivity index (χ1) is 12.8. The minimum absolute atomic E-state index is 0.0572. The molecule has 0 saturated carbocycles. The van der Waals surface area contributed by atoms with Crippen molar-refractivity contribution in [3.05, 3.63) is 66.2 Å². The Hall–Kier alpha value is -3.09. The zero-order chi connectivity index (χ0) is 19.4. The van der Waals surface area contributed by atoms with Crippen molar-refractivity contribution in [1.82, 2.24) is 9.97 Å². The fourth-order valence-electron chi connectivity index (χ4n) is 2.57. The first-order valence-electron chi connectivity index (χ1n) is 8.47. The van der Waals surface area contributed by atoms with Gasteiger partial charge in [-0.15, -0.1) is 0 Å². The molecule has 0 spiro atoms. The van der Waals surface area contributed by atoms with Gasteiger partial charge in [0.2, 0.25) is 5.95 Å². The van der Waals surface area contributed by atoms with E-state index in [2.05, 4.69) is 20.6 Å². The molecule has 0 aliphatic carbocycles. The molecule has 2 N–H and O–H groups in total. The number of nitrogens with zero attached hydrogens (tertiary/aromatic N) is 2. The fourth-order valence-corrected chi connectivity index (χ4v) is 2.57. The van der Waals surface area contributed by atoms with Gasteiger partial charge in [0.15, 0.2) is 0 Å². The maximum atomic E-state index is 13.3. The lowest BCUT2D eigenvalue weighted by Gasteiger charge is -2.16. The molecule has 1 heterocycles. The molecule has 140 valence electrons. The number of alkyl halides is 3. The van der Waals surface area contributed by atoms with Crippen molar-refractivity contribution < 1.29 is 13.2 Å². The number of nitrogens with one attached hydrogen (secondary N) is 2. The molecule has 7 heteroatoms. The molecule has 0 bridgehead atoms. The van der Waals surface area contributed by atoms with Crippen LogP contribution < -0.4 is 10.6 Å². The van der Waals surface area contributed by atoms with Crippen LogP contribution in [-0.4, -0.2) is 16.0 Å². The van der Waals surface area contributed by atoms with Gasteiger partial charge in [0, 0.05) is 17.7 Å². The van der Waals surface area contributed by atoms with Crippen LogP contribution >= 0.6 is 0 Å². The predicted octanol–water partition coefficient (Wildman–Crippen LogP) is 5.73. The Bertz CT molecular complexity index is 909. The van der Waals surface area contributed by atoms with Gasteiger partial charge in [-0.05, 0) is 26.0 Å². The van der Waals surface area contributed by atoms with Crippen LogP contribution in [0.2, 0.25) is 0 Å². The molecule has 0 aliphatic rings. The van der Waals surface area contributed by atoms with Crippen LogP contribution in [0.5, 0.6) is 0 Å². The Morgan fingerprint density at radius 3 is 2.22 bits per heavy atom. The number of halogens is 3. The van der Waals surface area contributed by atoms with Gasteiger partial charge in [-0.3, -0.25) is 0 Å². The SMILES string of the molecule is CC(C)Nc1nc(Nc2ccccc2C(F)(F)F)cc(-c2ccccc2)n1. The van der Waals surface area contributed by atoms with Crippen LogP contribution in [0.4, 0.5) is 30.6 Å². The van der Waals surface area contributed by atoms with Crippen molar-refractivity contribution in [2.75, 3.05) is 10.6 Å². The van der Waals surface area contributed by atoms with E-state index in [1.54, 1.807) is 12.1 Å². The Balaban J connectivity index is 2.03. The van der Waals surface area contributed by atoms with E-state index in [1.165, 1.54) is 12.1 Å². The van der Waals surface area contributed by atoms with Crippen molar-refractivity contribution in [1.29, 1.82) is 0 Å². The minimum atomic E-state index is -4.46. The smallest absolute Gasteiger partial charge is 0.352 e. The third kappa shape index (κ3) is 4.75. The second-order valence-corrected chi connectivity index (χ2v) is 6.30. The van der Waals surface area contributed by atoms with Crippen molar-refractivity contribution in [3.8, 4) is 11.3 Å². The molecular weight excluding hydrogens is 353 g/mol. The summed E-state index contributed by atoms with van der Waals surface area (Å²) in [5.41, 5.74) is 0.654. The second-order valence-electron chi connectivity index (χ2n) is 6.30. The molecule has 0 amide bonds. The zero-order valence-corrected chi connectivity index (χ0v) is 14.9. The number of rotatable bonds is 5. The van der Waals surface area contributed by atoms with Gasteiger partial charge in [-0.25, -0.2) is 4.98 Å². The van der Waals surface area contributed by atoms with Crippen molar-refractivity contribution >= 4 is 17.5 Å². The standard InChI is InChI=1S/C20H19F3N4/c1-13(2)24-19-26-17(14-8-4-3-5-9-14)12-18(27-19)25-16-11-7-6-10-15(16)20(21,22)23/h3-13H,1-2H3,(H2,24,25,26,27). The summed E-state index contributed by atoms with van der Waals surface area (Å²) in [5, 5.41) is 5.89. The van der Waals surface area contributed by atoms with E-state index >= 15 is 0 Å². The molecule has 27 heavy (non-hydrogen) atoms. The molecule has 4 nitrogen and oxygen atoms in total. The topological polar surface area (TPSA) is 49.8 Å². The van der Waals surface area contributed by atoms with Gasteiger partial charge >= 0.3 is 6.18 Å². The van der Waals surface area contributed by atoms with E-state index in [1.807, 2.05) is 44.2 Å². The predicted molar refractivity (Wildman–Crippen MR) is 101 cm³/mol. The first-order valence-corrected chi connectivity index (χ1v) is 8.47. The maximum absolute atomic E-state index is 13.3. The molecule has 2 aromatic carbocycles. The van der Waals surface area contributed by atoms with E-state index in [0.29, 0.717) is 11.6 Å². The summed E-state index contributed by atoms with van der Waals surface area (Å²) in [7, 11) is 0. The quantitative estimate of drug-likeness (QED) is 0.601. The van der Waals surface area contributed by atoms with E-state index in [0.717, 1.165) is 11.6 Å². The fraction of sp³-hybridized carbons (Fsp3) is 0.200. The summed E-state index contributed by atoms with van der Waals surface area (Å²) in [6, 6.07) is 16.4. The first kappa shape index (κ1) is 18.7. The van der Waals surface area contributed by atoms with Crippen molar-refractivity contribution in [2.45, 2.75) is 26.1 Å². The minimum Gasteiger partial charge on any atom is -0.352 e. The molecular formula is C20H19F3N4. The van der Waals surface area contributed by atoms with E-state index in [4.69, 9.17) is 0 Å². The largest absolute Gasteiger partial charge is 0.418 e. The molecule has 0 radical (unpaired) electrons. The monoisotopic (exact) mass is 372 g/mol. The van der Waals surface area contributed by atoms with E-state index < -0.39 is 11.7 Å². The van der Waals surface area contributed by atoms with Crippen LogP contribution in [0.25, 0.3) is 11.3 Å². The Kier molecular flexibility index (Phi) is 5.30. The second kappa shape index (κ2) is 7.65. The summed E-state index contributed by atoms with van der Waals surface area (Å²) in [4.78, 5) is 8.79. The summed E-state index contributed by atoms with van der Waals surface area (Å²) in [6.07, 6.45) is -4.46. The lowest BCUT2D eigenvalue weighted by atomic mass is 10.1. The molecule has 3 aromatic rings. The van der Waals surface area contributed by atoms with E-state index in [-0.39, 0.29) is 17.5 Å². The number of anilines is 3. The highest BCUT2D eigenvalue weighted by atomic mass is 19.4.